The molecule has 1 N–H and O–H groups in total. The number of carboxylic acids is 1. The maximum absolute atomic E-state index is 12.9. The lowest BCUT2D eigenvalue weighted by Gasteiger charge is -2.03. The molecule has 1 aromatic rings. The first-order valence-electron chi connectivity index (χ1n) is 4.24. The van der Waals surface area contributed by atoms with Gasteiger partial charge in [0.25, 0.3) is 0 Å². The number of aromatic carboxylic acids is 1. The van der Waals surface area contributed by atoms with Crippen LogP contribution >= 0.6 is 0 Å². The van der Waals surface area contributed by atoms with Crippen molar-refractivity contribution in [1.29, 1.82) is 0 Å². The topological polar surface area (TPSA) is 46.5 Å². The molecular weight excluding hydrogens is 187 g/mol. The Hall–Kier alpha value is -1.42. The normalized spacial score (nSPS) is 10.1. The van der Waals surface area contributed by atoms with Crippen molar-refractivity contribution in [2.24, 2.45) is 0 Å². The van der Waals surface area contributed by atoms with Gasteiger partial charge in [0.05, 0.1) is 12.2 Å². The predicted molar refractivity (Wildman–Crippen MR) is 48.7 cm³/mol. The molecule has 0 aliphatic rings. The Labute approximate surface area is 81.1 Å². The predicted octanol–water partition coefficient (Wildman–Crippen LogP) is 2.06. The van der Waals surface area contributed by atoms with Crippen LogP contribution in [0.3, 0.4) is 0 Å². The highest BCUT2D eigenvalue weighted by atomic mass is 19.1. The summed E-state index contributed by atoms with van der Waals surface area (Å²) in [6.45, 7) is 2.68. The van der Waals surface area contributed by atoms with Crippen LogP contribution in [-0.4, -0.2) is 17.7 Å². The van der Waals surface area contributed by atoms with Gasteiger partial charge in [-0.3, -0.25) is 0 Å². The van der Waals surface area contributed by atoms with E-state index in [-0.39, 0.29) is 5.56 Å². The minimum atomic E-state index is -1.26. The summed E-state index contributed by atoms with van der Waals surface area (Å²) in [6.07, 6.45) is 0. The molecule has 0 amide bonds. The van der Waals surface area contributed by atoms with E-state index in [1.165, 1.54) is 12.1 Å². The first-order valence-corrected chi connectivity index (χ1v) is 4.24. The van der Waals surface area contributed by atoms with Crippen LogP contribution < -0.4 is 0 Å². The van der Waals surface area contributed by atoms with Gasteiger partial charge in [-0.2, -0.15) is 0 Å². The van der Waals surface area contributed by atoms with E-state index < -0.39 is 11.8 Å². The van der Waals surface area contributed by atoms with Crippen LogP contribution in [0.4, 0.5) is 4.39 Å². The average molecular weight is 198 g/mol. The fourth-order valence-electron chi connectivity index (χ4n) is 1.05. The van der Waals surface area contributed by atoms with Gasteiger partial charge in [-0.25, -0.2) is 9.18 Å². The Morgan fingerprint density at radius 2 is 2.29 bits per heavy atom. The summed E-state index contributed by atoms with van der Waals surface area (Å²) in [7, 11) is 0. The number of benzene rings is 1. The zero-order valence-electron chi connectivity index (χ0n) is 7.79. The molecule has 0 bridgehead atoms. The summed E-state index contributed by atoms with van der Waals surface area (Å²) < 4.78 is 18.0. The van der Waals surface area contributed by atoms with Gasteiger partial charge < -0.3 is 9.84 Å². The van der Waals surface area contributed by atoms with Gasteiger partial charge in [-0.15, -0.1) is 0 Å². The van der Waals surface area contributed by atoms with Crippen LogP contribution in [0.2, 0.25) is 0 Å². The van der Waals surface area contributed by atoms with E-state index in [0.29, 0.717) is 18.8 Å². The lowest BCUT2D eigenvalue weighted by atomic mass is 10.1. The van der Waals surface area contributed by atoms with E-state index in [2.05, 4.69) is 0 Å². The molecule has 0 spiro atoms. The van der Waals surface area contributed by atoms with Gasteiger partial charge in [-0.1, -0.05) is 6.07 Å². The van der Waals surface area contributed by atoms with Gasteiger partial charge in [-0.05, 0) is 24.6 Å². The van der Waals surface area contributed by atoms with E-state index in [1.54, 1.807) is 0 Å². The molecule has 0 saturated carbocycles. The molecule has 0 radical (unpaired) electrons. The molecule has 0 unspecified atom stereocenters. The molecule has 0 aliphatic carbocycles. The average Bonchev–Trinajstić information content (AvgIpc) is 2.16. The number of hydrogen-bond donors (Lipinski definition) is 1. The fourth-order valence-corrected chi connectivity index (χ4v) is 1.05. The number of hydrogen-bond acceptors (Lipinski definition) is 2. The third-order valence-electron chi connectivity index (χ3n) is 1.73. The summed E-state index contributed by atoms with van der Waals surface area (Å²) in [4.78, 5) is 10.6. The minimum Gasteiger partial charge on any atom is -0.478 e. The SMILES string of the molecule is CCOCc1ccc(F)c(C(=O)O)c1. The Bertz CT molecular complexity index is 336. The number of carboxylic acid groups (broad SMARTS) is 1. The standard InChI is InChI=1S/C10H11FO3/c1-2-14-6-7-3-4-9(11)8(5-7)10(12)13/h3-5H,2,6H2,1H3,(H,12,13). The van der Waals surface area contributed by atoms with Crippen LogP contribution in [0, 0.1) is 5.82 Å². The van der Waals surface area contributed by atoms with Crippen molar-refractivity contribution >= 4 is 5.97 Å². The van der Waals surface area contributed by atoms with Crippen molar-refractivity contribution < 1.29 is 19.0 Å². The molecule has 14 heavy (non-hydrogen) atoms. The monoisotopic (exact) mass is 198 g/mol. The van der Waals surface area contributed by atoms with Gasteiger partial charge >= 0.3 is 5.97 Å². The largest absolute Gasteiger partial charge is 0.478 e. The maximum atomic E-state index is 12.9. The molecule has 0 atom stereocenters. The van der Waals surface area contributed by atoms with Gasteiger partial charge in [0.2, 0.25) is 0 Å². The van der Waals surface area contributed by atoms with E-state index in [0.717, 1.165) is 6.07 Å². The quantitative estimate of drug-likeness (QED) is 0.805. The summed E-state index contributed by atoms with van der Waals surface area (Å²) in [5, 5.41) is 8.63. The van der Waals surface area contributed by atoms with E-state index in [1.807, 2.05) is 6.92 Å². The zero-order valence-corrected chi connectivity index (χ0v) is 7.79. The molecule has 1 aromatic carbocycles. The van der Waals surface area contributed by atoms with Crippen molar-refractivity contribution in [3.8, 4) is 0 Å². The van der Waals surface area contributed by atoms with Crippen LogP contribution in [0.1, 0.15) is 22.8 Å². The van der Waals surface area contributed by atoms with E-state index in [4.69, 9.17) is 9.84 Å². The molecule has 0 saturated heterocycles. The van der Waals surface area contributed by atoms with Crippen molar-refractivity contribution in [3.05, 3.63) is 35.1 Å². The van der Waals surface area contributed by atoms with Crippen molar-refractivity contribution in [3.63, 3.8) is 0 Å². The Kier molecular flexibility index (Phi) is 3.59. The second-order valence-corrected chi connectivity index (χ2v) is 2.76. The molecule has 0 fully saturated rings. The molecular formula is C10H11FO3. The lowest BCUT2D eigenvalue weighted by Crippen LogP contribution is -2.02. The Morgan fingerprint density at radius 1 is 1.57 bits per heavy atom. The van der Waals surface area contributed by atoms with Crippen LogP contribution in [0.15, 0.2) is 18.2 Å². The molecule has 4 heteroatoms. The summed E-state index contributed by atoms with van der Waals surface area (Å²) >= 11 is 0. The molecule has 0 aliphatic heterocycles. The number of rotatable bonds is 4. The Balaban J connectivity index is 2.89. The summed E-state index contributed by atoms with van der Waals surface area (Å²) in [6, 6.07) is 3.93. The highest BCUT2D eigenvalue weighted by Crippen LogP contribution is 2.11. The minimum absolute atomic E-state index is 0.303. The third-order valence-corrected chi connectivity index (χ3v) is 1.73. The highest BCUT2D eigenvalue weighted by Gasteiger charge is 2.10. The van der Waals surface area contributed by atoms with E-state index in [9.17, 15) is 9.18 Å². The second kappa shape index (κ2) is 4.72. The smallest absolute Gasteiger partial charge is 0.338 e. The zero-order chi connectivity index (χ0) is 10.6. The number of carbonyl (C=O) groups is 1. The lowest BCUT2D eigenvalue weighted by molar-refractivity contribution is 0.0691. The van der Waals surface area contributed by atoms with Gasteiger partial charge in [0, 0.05) is 6.61 Å². The van der Waals surface area contributed by atoms with Crippen molar-refractivity contribution in [2.45, 2.75) is 13.5 Å². The summed E-state index contributed by atoms with van der Waals surface area (Å²) in [5.74, 6) is -1.99. The number of ether oxygens (including phenoxy) is 1. The third kappa shape index (κ3) is 2.53. The maximum Gasteiger partial charge on any atom is 0.338 e. The first kappa shape index (κ1) is 10.7. The molecule has 1 rings (SSSR count). The highest BCUT2D eigenvalue weighted by molar-refractivity contribution is 5.88. The van der Waals surface area contributed by atoms with Crippen molar-refractivity contribution in [1.82, 2.24) is 0 Å². The van der Waals surface area contributed by atoms with Crippen LogP contribution in [0.25, 0.3) is 0 Å². The van der Waals surface area contributed by atoms with E-state index >= 15 is 0 Å². The molecule has 0 heterocycles. The van der Waals surface area contributed by atoms with Crippen LogP contribution in [-0.2, 0) is 11.3 Å². The first-order chi connectivity index (χ1) is 6.65. The molecule has 0 aromatic heterocycles. The molecule has 76 valence electrons. The second-order valence-electron chi connectivity index (χ2n) is 2.76. The van der Waals surface area contributed by atoms with Gasteiger partial charge in [0.1, 0.15) is 5.82 Å². The van der Waals surface area contributed by atoms with Gasteiger partial charge in [0.15, 0.2) is 0 Å². The summed E-state index contributed by atoms with van der Waals surface area (Å²) in [5.41, 5.74) is 0.341. The fraction of sp³-hybridized carbons (Fsp3) is 0.300. The molecule has 3 nitrogen and oxygen atoms in total. The Morgan fingerprint density at radius 3 is 2.86 bits per heavy atom. The van der Waals surface area contributed by atoms with Crippen LogP contribution in [0.5, 0.6) is 0 Å². The van der Waals surface area contributed by atoms with Crippen molar-refractivity contribution in [2.75, 3.05) is 6.61 Å². The number of halogens is 1.